The maximum Gasteiger partial charge on any atom is 0.243 e. The van der Waals surface area contributed by atoms with Gasteiger partial charge in [-0.25, -0.2) is 0 Å². The third-order valence-corrected chi connectivity index (χ3v) is 4.34. The Kier molecular flexibility index (Phi) is 7.39. The van der Waals surface area contributed by atoms with Crippen LogP contribution in [0.5, 0.6) is 0 Å². The fraction of sp³-hybridized carbons (Fsp3) is 0.364. The number of rotatable bonds is 8. The molecule has 26 heavy (non-hydrogen) atoms. The van der Waals surface area contributed by atoms with Crippen LogP contribution in [-0.4, -0.2) is 30.3 Å². The van der Waals surface area contributed by atoms with E-state index in [0.717, 1.165) is 23.2 Å². The van der Waals surface area contributed by atoms with Crippen molar-refractivity contribution in [3.05, 3.63) is 65.2 Å². The van der Waals surface area contributed by atoms with Gasteiger partial charge < -0.3 is 10.2 Å². The summed E-state index contributed by atoms with van der Waals surface area (Å²) < 4.78 is 0. The number of hydrogen-bond donors (Lipinski definition) is 1. The number of aryl methyl sites for hydroxylation is 2. The molecule has 4 heteroatoms. The minimum absolute atomic E-state index is 0.0429. The Bertz CT molecular complexity index is 721. The number of anilines is 1. The Balaban J connectivity index is 1.82. The molecule has 0 aromatic heterocycles. The molecule has 138 valence electrons. The van der Waals surface area contributed by atoms with Crippen molar-refractivity contribution >= 4 is 17.5 Å². The van der Waals surface area contributed by atoms with E-state index in [1.807, 2.05) is 43.3 Å². The van der Waals surface area contributed by atoms with Crippen LogP contribution in [0.3, 0.4) is 0 Å². The van der Waals surface area contributed by atoms with Gasteiger partial charge in [0.1, 0.15) is 0 Å². The minimum Gasteiger partial charge on any atom is -0.336 e. The molecule has 0 radical (unpaired) electrons. The van der Waals surface area contributed by atoms with E-state index in [4.69, 9.17) is 0 Å². The zero-order chi connectivity index (χ0) is 18.9. The van der Waals surface area contributed by atoms with Gasteiger partial charge in [0.15, 0.2) is 0 Å². The highest BCUT2D eigenvalue weighted by Gasteiger charge is 2.13. The first-order valence-electron chi connectivity index (χ1n) is 9.16. The summed E-state index contributed by atoms with van der Waals surface area (Å²) in [7, 11) is 1.66. The number of carbonyl (C=O) groups is 2. The predicted molar refractivity (Wildman–Crippen MR) is 106 cm³/mol. The Hall–Kier alpha value is -2.62. The second-order valence-corrected chi connectivity index (χ2v) is 6.76. The number of nitrogens with one attached hydrogen (secondary N) is 1. The maximum atomic E-state index is 12.3. The number of hydrogen-bond acceptors (Lipinski definition) is 2. The third kappa shape index (κ3) is 6.36. The molecule has 2 rings (SSSR count). The SMILES string of the molecule is CCCCc1ccc(CC(=O)N(C)CC(=O)Nc2ccc(C)cc2)cc1. The first-order chi connectivity index (χ1) is 12.5. The lowest BCUT2D eigenvalue weighted by molar-refractivity contribution is -0.132. The van der Waals surface area contributed by atoms with Crippen LogP contribution in [0.25, 0.3) is 0 Å². The Morgan fingerprint density at radius 3 is 2.19 bits per heavy atom. The van der Waals surface area contributed by atoms with Gasteiger partial charge in [-0.1, -0.05) is 55.3 Å². The first-order valence-corrected chi connectivity index (χ1v) is 9.16. The summed E-state index contributed by atoms with van der Waals surface area (Å²) >= 11 is 0. The van der Waals surface area contributed by atoms with Gasteiger partial charge in [0.2, 0.25) is 11.8 Å². The van der Waals surface area contributed by atoms with Crippen LogP contribution in [0.4, 0.5) is 5.69 Å². The monoisotopic (exact) mass is 352 g/mol. The average molecular weight is 352 g/mol. The van der Waals surface area contributed by atoms with E-state index in [1.165, 1.54) is 23.3 Å². The molecule has 2 aromatic carbocycles. The number of nitrogens with zero attached hydrogens (tertiary/aromatic N) is 1. The van der Waals surface area contributed by atoms with E-state index >= 15 is 0 Å². The molecule has 0 atom stereocenters. The molecule has 0 spiro atoms. The summed E-state index contributed by atoms with van der Waals surface area (Å²) in [6.45, 7) is 4.22. The molecule has 2 amide bonds. The predicted octanol–water partition coefficient (Wildman–Crippen LogP) is 3.98. The summed E-state index contributed by atoms with van der Waals surface area (Å²) in [6.07, 6.45) is 3.74. The van der Waals surface area contributed by atoms with Crippen LogP contribution >= 0.6 is 0 Å². The summed E-state index contributed by atoms with van der Waals surface area (Å²) in [5.74, 6) is -0.259. The van der Waals surface area contributed by atoms with Crippen molar-refractivity contribution < 1.29 is 9.59 Å². The number of likely N-dealkylation sites (N-methyl/N-ethyl adjacent to an activating group) is 1. The summed E-state index contributed by atoms with van der Waals surface area (Å²) in [5.41, 5.74) is 4.15. The van der Waals surface area contributed by atoms with Gasteiger partial charge in [-0.3, -0.25) is 9.59 Å². The first kappa shape index (κ1) is 19.7. The summed E-state index contributed by atoms with van der Waals surface area (Å²) in [6, 6.07) is 15.8. The van der Waals surface area contributed by atoms with E-state index < -0.39 is 0 Å². The smallest absolute Gasteiger partial charge is 0.243 e. The fourth-order valence-corrected chi connectivity index (χ4v) is 2.66. The highest BCUT2D eigenvalue weighted by Crippen LogP contribution is 2.10. The molecule has 4 nitrogen and oxygen atoms in total. The lowest BCUT2D eigenvalue weighted by Crippen LogP contribution is -2.35. The van der Waals surface area contributed by atoms with E-state index in [9.17, 15) is 9.59 Å². The van der Waals surface area contributed by atoms with E-state index in [1.54, 1.807) is 7.05 Å². The Morgan fingerprint density at radius 1 is 0.962 bits per heavy atom. The molecule has 1 N–H and O–H groups in total. The van der Waals surface area contributed by atoms with Gasteiger partial charge in [0.25, 0.3) is 0 Å². The summed E-state index contributed by atoms with van der Waals surface area (Å²) in [4.78, 5) is 25.9. The quantitative estimate of drug-likeness (QED) is 0.781. The van der Waals surface area contributed by atoms with Gasteiger partial charge >= 0.3 is 0 Å². The zero-order valence-corrected chi connectivity index (χ0v) is 15.9. The topological polar surface area (TPSA) is 49.4 Å². The van der Waals surface area contributed by atoms with Crippen molar-refractivity contribution in [3.63, 3.8) is 0 Å². The molecule has 0 aliphatic heterocycles. The fourth-order valence-electron chi connectivity index (χ4n) is 2.66. The summed E-state index contributed by atoms with van der Waals surface area (Å²) in [5, 5.41) is 2.81. The van der Waals surface area contributed by atoms with Crippen LogP contribution < -0.4 is 5.32 Å². The molecule has 0 heterocycles. The molecule has 0 unspecified atom stereocenters. The molecule has 0 fully saturated rings. The highest BCUT2D eigenvalue weighted by molar-refractivity contribution is 5.94. The van der Waals surface area contributed by atoms with Crippen molar-refractivity contribution in [2.24, 2.45) is 0 Å². The number of unbranched alkanes of at least 4 members (excludes halogenated alkanes) is 1. The maximum absolute atomic E-state index is 12.3. The zero-order valence-electron chi connectivity index (χ0n) is 15.9. The average Bonchev–Trinajstić information content (AvgIpc) is 2.63. The second kappa shape index (κ2) is 9.76. The molecule has 0 aliphatic rings. The Morgan fingerprint density at radius 2 is 1.58 bits per heavy atom. The lowest BCUT2D eigenvalue weighted by atomic mass is 10.0. The number of carbonyl (C=O) groups excluding carboxylic acids is 2. The normalized spacial score (nSPS) is 10.4. The van der Waals surface area contributed by atoms with Crippen molar-refractivity contribution in [3.8, 4) is 0 Å². The largest absolute Gasteiger partial charge is 0.336 e. The van der Waals surface area contributed by atoms with Crippen LogP contribution in [0, 0.1) is 6.92 Å². The standard InChI is InChI=1S/C22H28N2O2/c1-4-5-6-18-9-11-19(12-10-18)15-22(26)24(3)16-21(25)23-20-13-7-17(2)8-14-20/h7-14H,4-6,15-16H2,1-3H3,(H,23,25). The molecule has 0 saturated heterocycles. The van der Waals surface area contributed by atoms with Crippen LogP contribution in [0.2, 0.25) is 0 Å². The molecular formula is C22H28N2O2. The molecule has 0 bridgehead atoms. The van der Waals surface area contributed by atoms with Crippen LogP contribution in [-0.2, 0) is 22.4 Å². The van der Waals surface area contributed by atoms with E-state index in [2.05, 4.69) is 24.4 Å². The van der Waals surface area contributed by atoms with E-state index in [0.29, 0.717) is 6.42 Å². The molecule has 0 saturated carbocycles. The van der Waals surface area contributed by atoms with Crippen molar-refractivity contribution in [1.82, 2.24) is 4.90 Å². The van der Waals surface area contributed by atoms with Gasteiger partial charge in [-0.05, 0) is 43.0 Å². The van der Waals surface area contributed by atoms with Gasteiger partial charge in [0, 0.05) is 12.7 Å². The Labute approximate surface area is 156 Å². The van der Waals surface area contributed by atoms with Crippen molar-refractivity contribution in [2.75, 3.05) is 18.9 Å². The van der Waals surface area contributed by atoms with Crippen LogP contribution in [0.1, 0.15) is 36.5 Å². The number of amides is 2. The lowest BCUT2D eigenvalue weighted by Gasteiger charge is -2.17. The van der Waals surface area contributed by atoms with Crippen molar-refractivity contribution in [2.45, 2.75) is 39.5 Å². The van der Waals surface area contributed by atoms with Crippen molar-refractivity contribution in [1.29, 1.82) is 0 Å². The third-order valence-electron chi connectivity index (χ3n) is 4.34. The number of benzene rings is 2. The van der Waals surface area contributed by atoms with Gasteiger partial charge in [-0.2, -0.15) is 0 Å². The van der Waals surface area contributed by atoms with Crippen LogP contribution in [0.15, 0.2) is 48.5 Å². The highest BCUT2D eigenvalue weighted by atomic mass is 16.2. The van der Waals surface area contributed by atoms with E-state index in [-0.39, 0.29) is 18.4 Å². The molecule has 2 aromatic rings. The molecular weight excluding hydrogens is 324 g/mol. The minimum atomic E-state index is -0.195. The molecule has 0 aliphatic carbocycles. The van der Waals surface area contributed by atoms with Gasteiger partial charge in [-0.15, -0.1) is 0 Å². The second-order valence-electron chi connectivity index (χ2n) is 6.76. The van der Waals surface area contributed by atoms with Gasteiger partial charge in [0.05, 0.1) is 13.0 Å².